The first-order valence-corrected chi connectivity index (χ1v) is 7.61. The summed E-state index contributed by atoms with van der Waals surface area (Å²) < 4.78 is 26.9. The Morgan fingerprint density at radius 2 is 2.29 bits per heavy atom. The highest BCUT2D eigenvalue weighted by molar-refractivity contribution is 9.10. The molecule has 1 aromatic heterocycles. The molecule has 0 spiro atoms. The Labute approximate surface area is 109 Å². The van der Waals surface area contributed by atoms with Gasteiger partial charge in [-0.25, -0.2) is 8.42 Å². The van der Waals surface area contributed by atoms with Gasteiger partial charge in [-0.2, -0.15) is 4.31 Å². The second-order valence-electron chi connectivity index (χ2n) is 3.99. The van der Waals surface area contributed by atoms with Crippen LogP contribution in [0.15, 0.2) is 27.8 Å². The maximum atomic E-state index is 12.4. The van der Waals surface area contributed by atoms with Crippen LogP contribution in [0.2, 0.25) is 0 Å². The van der Waals surface area contributed by atoms with Crippen LogP contribution in [0.25, 0.3) is 0 Å². The van der Waals surface area contributed by atoms with Gasteiger partial charge in [-0.3, -0.25) is 4.98 Å². The Morgan fingerprint density at radius 3 is 2.94 bits per heavy atom. The van der Waals surface area contributed by atoms with Crippen LogP contribution in [0.1, 0.15) is 12.8 Å². The predicted molar refractivity (Wildman–Crippen MR) is 67.9 cm³/mol. The molecule has 1 saturated heterocycles. The standard InChI is InChI=1S/C10H14BrN3O2S/c11-8-4-10(7-13-6-8)17(15,16)14-3-1-2-9(14)5-12/h4,6-7,9H,1-3,5,12H2. The first-order valence-electron chi connectivity index (χ1n) is 5.38. The fourth-order valence-electron chi connectivity index (χ4n) is 2.03. The molecule has 0 aromatic carbocycles. The molecule has 2 rings (SSSR count). The number of pyridine rings is 1. The van der Waals surface area contributed by atoms with Crippen molar-refractivity contribution in [3.63, 3.8) is 0 Å². The fraction of sp³-hybridized carbons (Fsp3) is 0.500. The Balaban J connectivity index is 2.36. The summed E-state index contributed by atoms with van der Waals surface area (Å²) in [6.45, 7) is 0.900. The lowest BCUT2D eigenvalue weighted by Crippen LogP contribution is -2.39. The summed E-state index contributed by atoms with van der Waals surface area (Å²) in [7, 11) is -3.46. The number of hydrogen-bond donors (Lipinski definition) is 1. The van der Waals surface area contributed by atoms with E-state index in [0.29, 0.717) is 17.6 Å². The molecule has 0 saturated carbocycles. The molecule has 2 N–H and O–H groups in total. The summed E-state index contributed by atoms with van der Waals surface area (Å²) in [5.74, 6) is 0. The fourth-order valence-corrected chi connectivity index (χ4v) is 4.24. The SMILES string of the molecule is NCC1CCCN1S(=O)(=O)c1cncc(Br)c1. The van der Waals surface area contributed by atoms with Gasteiger partial charge in [-0.1, -0.05) is 0 Å². The van der Waals surface area contributed by atoms with Gasteiger partial charge in [0.1, 0.15) is 4.90 Å². The minimum Gasteiger partial charge on any atom is -0.329 e. The normalized spacial score (nSPS) is 21.9. The molecule has 17 heavy (non-hydrogen) atoms. The molecule has 94 valence electrons. The van der Waals surface area contributed by atoms with E-state index in [4.69, 9.17) is 5.73 Å². The maximum absolute atomic E-state index is 12.4. The van der Waals surface area contributed by atoms with Crippen LogP contribution in [0, 0.1) is 0 Å². The van der Waals surface area contributed by atoms with Gasteiger partial charge in [0.2, 0.25) is 10.0 Å². The first kappa shape index (κ1) is 12.9. The van der Waals surface area contributed by atoms with E-state index in [-0.39, 0.29) is 10.9 Å². The average molecular weight is 320 g/mol. The summed E-state index contributed by atoms with van der Waals surface area (Å²) in [6.07, 6.45) is 4.62. The van der Waals surface area contributed by atoms with Crippen LogP contribution in [-0.4, -0.2) is 36.8 Å². The van der Waals surface area contributed by atoms with Crippen molar-refractivity contribution >= 4 is 26.0 Å². The smallest absolute Gasteiger partial charge is 0.244 e. The molecular weight excluding hydrogens is 306 g/mol. The summed E-state index contributed by atoms with van der Waals surface area (Å²) in [6, 6.07) is 1.48. The van der Waals surface area contributed by atoms with Crippen molar-refractivity contribution in [2.75, 3.05) is 13.1 Å². The van der Waals surface area contributed by atoms with Crippen molar-refractivity contribution in [1.29, 1.82) is 0 Å². The minimum atomic E-state index is -3.46. The zero-order valence-corrected chi connectivity index (χ0v) is 11.6. The van der Waals surface area contributed by atoms with Crippen LogP contribution in [-0.2, 0) is 10.0 Å². The molecule has 1 atom stereocenters. The molecule has 0 bridgehead atoms. The summed E-state index contributed by atoms with van der Waals surface area (Å²) in [4.78, 5) is 4.10. The third kappa shape index (κ3) is 2.52. The molecule has 0 amide bonds. The highest BCUT2D eigenvalue weighted by Crippen LogP contribution is 2.26. The van der Waals surface area contributed by atoms with Crippen LogP contribution >= 0.6 is 15.9 Å². The third-order valence-electron chi connectivity index (χ3n) is 2.88. The molecule has 1 aliphatic rings. The van der Waals surface area contributed by atoms with Crippen molar-refractivity contribution in [2.45, 2.75) is 23.8 Å². The number of sulfonamides is 1. The number of rotatable bonds is 3. The highest BCUT2D eigenvalue weighted by Gasteiger charge is 2.34. The number of aromatic nitrogens is 1. The van der Waals surface area contributed by atoms with Crippen molar-refractivity contribution < 1.29 is 8.42 Å². The van der Waals surface area contributed by atoms with Crippen molar-refractivity contribution in [2.24, 2.45) is 5.73 Å². The quantitative estimate of drug-likeness (QED) is 0.900. The van der Waals surface area contributed by atoms with E-state index in [1.165, 1.54) is 10.5 Å². The minimum absolute atomic E-state index is 0.0843. The number of nitrogens with zero attached hydrogens (tertiary/aromatic N) is 2. The number of hydrogen-bond acceptors (Lipinski definition) is 4. The van der Waals surface area contributed by atoms with Gasteiger partial charge in [0.25, 0.3) is 0 Å². The first-order chi connectivity index (χ1) is 8.05. The van der Waals surface area contributed by atoms with Crippen molar-refractivity contribution in [3.05, 3.63) is 22.9 Å². The van der Waals surface area contributed by atoms with Crippen LogP contribution in [0.3, 0.4) is 0 Å². The van der Waals surface area contributed by atoms with Crippen LogP contribution in [0.5, 0.6) is 0 Å². The lowest BCUT2D eigenvalue weighted by Gasteiger charge is -2.22. The monoisotopic (exact) mass is 319 g/mol. The Hall–Kier alpha value is -0.500. The van der Waals surface area contributed by atoms with E-state index < -0.39 is 10.0 Å². The highest BCUT2D eigenvalue weighted by atomic mass is 79.9. The van der Waals surface area contributed by atoms with E-state index >= 15 is 0 Å². The number of halogens is 1. The van der Waals surface area contributed by atoms with E-state index in [0.717, 1.165) is 12.8 Å². The predicted octanol–water partition coefficient (Wildman–Crippen LogP) is 0.956. The van der Waals surface area contributed by atoms with Gasteiger partial charge < -0.3 is 5.73 Å². The van der Waals surface area contributed by atoms with Gasteiger partial charge in [0, 0.05) is 36.0 Å². The second kappa shape index (κ2) is 5.01. The van der Waals surface area contributed by atoms with E-state index in [1.807, 2.05) is 0 Å². The van der Waals surface area contributed by atoms with E-state index in [2.05, 4.69) is 20.9 Å². The Kier molecular flexibility index (Phi) is 3.82. The zero-order valence-electron chi connectivity index (χ0n) is 9.21. The molecule has 1 unspecified atom stereocenters. The van der Waals surface area contributed by atoms with E-state index in [1.54, 1.807) is 12.3 Å². The molecule has 0 aliphatic carbocycles. The molecular formula is C10H14BrN3O2S. The van der Waals surface area contributed by atoms with Gasteiger partial charge >= 0.3 is 0 Å². The molecule has 1 aromatic rings. The summed E-state index contributed by atoms with van der Waals surface area (Å²) in [5, 5.41) is 0. The van der Waals surface area contributed by atoms with Crippen molar-refractivity contribution in [3.8, 4) is 0 Å². The summed E-state index contributed by atoms with van der Waals surface area (Å²) in [5.41, 5.74) is 5.60. The largest absolute Gasteiger partial charge is 0.329 e. The van der Waals surface area contributed by atoms with Crippen molar-refractivity contribution in [1.82, 2.24) is 9.29 Å². The molecule has 2 heterocycles. The van der Waals surface area contributed by atoms with Gasteiger partial charge in [-0.05, 0) is 34.8 Å². The zero-order chi connectivity index (χ0) is 12.5. The van der Waals surface area contributed by atoms with Gasteiger partial charge in [0.05, 0.1) is 0 Å². The summed E-state index contributed by atoms with van der Waals surface area (Å²) >= 11 is 3.23. The molecule has 1 fully saturated rings. The van der Waals surface area contributed by atoms with Crippen LogP contribution < -0.4 is 5.73 Å². The molecule has 7 heteroatoms. The van der Waals surface area contributed by atoms with Gasteiger partial charge in [0.15, 0.2) is 0 Å². The Morgan fingerprint density at radius 1 is 1.53 bits per heavy atom. The second-order valence-corrected chi connectivity index (χ2v) is 6.79. The average Bonchev–Trinajstić information content (AvgIpc) is 2.77. The third-order valence-corrected chi connectivity index (χ3v) is 5.23. The lowest BCUT2D eigenvalue weighted by atomic mass is 10.2. The maximum Gasteiger partial charge on any atom is 0.244 e. The molecule has 1 aliphatic heterocycles. The molecule has 5 nitrogen and oxygen atoms in total. The number of nitrogens with two attached hydrogens (primary N) is 1. The lowest BCUT2D eigenvalue weighted by molar-refractivity contribution is 0.393. The molecule has 0 radical (unpaired) electrons. The van der Waals surface area contributed by atoms with E-state index in [9.17, 15) is 8.42 Å². The van der Waals surface area contributed by atoms with Gasteiger partial charge in [-0.15, -0.1) is 0 Å². The van der Waals surface area contributed by atoms with Crippen LogP contribution in [0.4, 0.5) is 0 Å². The Bertz CT molecular complexity index is 506. The topological polar surface area (TPSA) is 76.3 Å².